The molecule has 2 amide bonds. The summed E-state index contributed by atoms with van der Waals surface area (Å²) in [6.07, 6.45) is 4.32. The summed E-state index contributed by atoms with van der Waals surface area (Å²) in [5.41, 5.74) is 7.01. The van der Waals surface area contributed by atoms with Crippen molar-refractivity contribution in [1.82, 2.24) is 35.6 Å². The van der Waals surface area contributed by atoms with Crippen LogP contribution in [0.5, 0.6) is 5.88 Å². The number of pyridine rings is 2. The van der Waals surface area contributed by atoms with Gasteiger partial charge < -0.3 is 26.0 Å². The van der Waals surface area contributed by atoms with Crippen LogP contribution < -0.4 is 31.6 Å². The third kappa shape index (κ3) is 7.40. The molecule has 0 bridgehead atoms. The van der Waals surface area contributed by atoms with Crippen molar-refractivity contribution in [3.63, 3.8) is 0 Å². The molecule has 0 radical (unpaired) electrons. The predicted molar refractivity (Wildman–Crippen MR) is 203 cm³/mol. The van der Waals surface area contributed by atoms with Gasteiger partial charge in [-0.3, -0.25) is 18.8 Å². The highest BCUT2D eigenvalue weighted by atomic mass is 35.5. The van der Waals surface area contributed by atoms with Gasteiger partial charge in [0.2, 0.25) is 17.7 Å². The number of aryl methyl sites for hydroxylation is 1. The molecule has 5 aromatic rings. The first kappa shape index (κ1) is 35.6. The van der Waals surface area contributed by atoms with E-state index in [9.17, 15) is 14.4 Å². The van der Waals surface area contributed by atoms with Crippen LogP contribution in [0.4, 0.5) is 0 Å². The third-order valence-electron chi connectivity index (χ3n) is 9.65. The van der Waals surface area contributed by atoms with E-state index in [0.717, 1.165) is 51.9 Å². The molecule has 0 spiro atoms. The van der Waals surface area contributed by atoms with Crippen molar-refractivity contribution in [2.45, 2.75) is 57.8 Å². The Balaban J connectivity index is 1.12. The number of nitrogens with zero attached hydrogens (tertiary/aromatic N) is 3. The Morgan fingerprint density at radius 3 is 2.02 bits per heavy atom. The average molecular weight is 741 g/mol. The number of carbonyl (C=O) groups is 2. The quantitative estimate of drug-likeness (QED) is 0.133. The molecule has 2 aliphatic rings. The molecule has 268 valence electrons. The summed E-state index contributed by atoms with van der Waals surface area (Å²) in [5.74, 6) is 0.643. The second-order valence-corrected chi connectivity index (χ2v) is 14.0. The van der Waals surface area contributed by atoms with Crippen molar-refractivity contribution in [1.29, 1.82) is 0 Å². The van der Waals surface area contributed by atoms with Crippen molar-refractivity contribution in [3.05, 3.63) is 104 Å². The lowest BCUT2D eigenvalue weighted by molar-refractivity contribution is -0.120. The van der Waals surface area contributed by atoms with Gasteiger partial charge in [0, 0.05) is 90.8 Å². The monoisotopic (exact) mass is 739 g/mol. The Bertz CT molecular complexity index is 2240. The molecule has 0 saturated carbocycles. The average Bonchev–Trinajstić information content (AvgIpc) is 3.76. The standard InChI is InChI=1S/C39H39Cl2N7O4/c1-22-15-24(16-33-44-19-25(39(51)48(22)33)18-43-21-27-11-14-35(50)46-27)28-5-3-6-29(36(28)40)30-7-4-8-31(37(30)41)32-12-9-23(38(47-32)52-2)17-42-20-26-10-13-34(49)45-26/h3-9,12,15-16,19,26-27,42-43H,10-11,13-14,17-18,20-21H2,1-2H3,(H,45,49)(H,46,50)/t26-,27+/m0/s1. The maximum Gasteiger partial charge on any atom is 0.262 e. The number of aromatic nitrogens is 3. The van der Waals surface area contributed by atoms with Gasteiger partial charge in [-0.05, 0) is 43.5 Å². The second-order valence-electron chi connectivity index (χ2n) is 13.2. The van der Waals surface area contributed by atoms with Gasteiger partial charge in [0.25, 0.3) is 5.56 Å². The van der Waals surface area contributed by atoms with Crippen molar-refractivity contribution in [3.8, 4) is 39.4 Å². The van der Waals surface area contributed by atoms with Gasteiger partial charge >= 0.3 is 0 Å². The predicted octanol–water partition coefficient (Wildman–Crippen LogP) is 5.45. The van der Waals surface area contributed by atoms with Crippen LogP contribution in [0.15, 0.2) is 71.7 Å². The molecule has 2 aliphatic heterocycles. The van der Waals surface area contributed by atoms with Gasteiger partial charge in [-0.2, -0.15) is 0 Å². The first-order chi connectivity index (χ1) is 25.2. The lowest BCUT2D eigenvalue weighted by Gasteiger charge is -2.16. The van der Waals surface area contributed by atoms with Gasteiger partial charge in [-0.1, -0.05) is 65.7 Å². The van der Waals surface area contributed by atoms with Crippen molar-refractivity contribution in [2.75, 3.05) is 20.2 Å². The van der Waals surface area contributed by atoms with Crippen LogP contribution >= 0.6 is 23.2 Å². The van der Waals surface area contributed by atoms with Crippen molar-refractivity contribution in [2.24, 2.45) is 0 Å². The molecule has 7 rings (SSSR count). The van der Waals surface area contributed by atoms with Crippen molar-refractivity contribution < 1.29 is 14.3 Å². The molecular formula is C39H39Cl2N7O4. The van der Waals surface area contributed by atoms with E-state index in [0.29, 0.717) is 71.9 Å². The molecule has 2 fully saturated rings. The van der Waals surface area contributed by atoms with E-state index in [1.54, 1.807) is 17.7 Å². The number of amides is 2. The van der Waals surface area contributed by atoms with E-state index in [4.69, 9.17) is 32.9 Å². The Morgan fingerprint density at radius 2 is 1.40 bits per heavy atom. The Labute approximate surface area is 311 Å². The summed E-state index contributed by atoms with van der Waals surface area (Å²) in [5, 5.41) is 13.6. The molecule has 5 heterocycles. The number of benzene rings is 2. The number of fused-ring (bicyclic) bond motifs is 1. The number of methoxy groups -OCH3 is 1. The van der Waals surface area contributed by atoms with Gasteiger partial charge in [0.1, 0.15) is 5.65 Å². The molecule has 2 atom stereocenters. The molecule has 13 heteroatoms. The first-order valence-electron chi connectivity index (χ1n) is 17.3. The van der Waals surface area contributed by atoms with Gasteiger partial charge in [0.15, 0.2) is 0 Å². The number of rotatable bonds is 12. The molecule has 4 N–H and O–H groups in total. The van der Waals surface area contributed by atoms with E-state index >= 15 is 0 Å². The number of nitrogens with one attached hydrogen (secondary N) is 4. The highest BCUT2D eigenvalue weighted by Gasteiger charge is 2.22. The molecule has 2 aromatic carbocycles. The second kappa shape index (κ2) is 15.4. The Kier molecular flexibility index (Phi) is 10.6. The maximum atomic E-state index is 13.5. The fourth-order valence-electron chi connectivity index (χ4n) is 6.95. The van der Waals surface area contributed by atoms with Crippen LogP contribution in [0.2, 0.25) is 10.0 Å². The minimum Gasteiger partial charge on any atom is -0.481 e. The normalized spacial score (nSPS) is 17.1. The Morgan fingerprint density at radius 1 is 0.808 bits per heavy atom. The fourth-order valence-corrected chi connectivity index (χ4v) is 7.61. The number of ether oxygens (including phenoxy) is 1. The van der Waals surface area contributed by atoms with Crippen LogP contribution in [0.3, 0.4) is 0 Å². The minimum absolute atomic E-state index is 0.0613. The van der Waals surface area contributed by atoms with Crippen LogP contribution in [0.1, 0.15) is 42.5 Å². The summed E-state index contributed by atoms with van der Waals surface area (Å²) < 4.78 is 7.26. The molecule has 52 heavy (non-hydrogen) atoms. The summed E-state index contributed by atoms with van der Waals surface area (Å²) in [7, 11) is 1.59. The number of carbonyl (C=O) groups excluding carboxylic acids is 2. The molecule has 2 saturated heterocycles. The molecular weight excluding hydrogens is 701 g/mol. The molecule has 0 unspecified atom stereocenters. The van der Waals surface area contributed by atoms with Gasteiger partial charge in [-0.15, -0.1) is 0 Å². The zero-order valence-electron chi connectivity index (χ0n) is 28.9. The largest absolute Gasteiger partial charge is 0.481 e. The van der Waals surface area contributed by atoms with Crippen LogP contribution in [-0.2, 0) is 22.7 Å². The maximum absolute atomic E-state index is 13.5. The summed E-state index contributed by atoms with van der Waals surface area (Å²) in [6, 6.07) is 19.4. The van der Waals surface area contributed by atoms with Crippen LogP contribution in [0.25, 0.3) is 39.2 Å². The van der Waals surface area contributed by atoms with Crippen molar-refractivity contribution >= 4 is 40.7 Å². The SMILES string of the molecule is COc1nc(-c2cccc(-c3cccc(-c4cc(C)n5c(=O)c(CNC[C@H]6CCC(=O)N6)cnc5c4)c3Cl)c2Cl)ccc1CNC[C@@H]1CCC(=O)N1. The lowest BCUT2D eigenvalue weighted by atomic mass is 9.96. The molecule has 3 aromatic heterocycles. The summed E-state index contributed by atoms with van der Waals surface area (Å²) in [6.45, 7) is 4.02. The van der Waals surface area contributed by atoms with Gasteiger partial charge in [-0.25, -0.2) is 9.97 Å². The van der Waals surface area contributed by atoms with Crippen LogP contribution in [0, 0.1) is 6.92 Å². The van der Waals surface area contributed by atoms with Gasteiger partial charge in [0.05, 0.1) is 28.4 Å². The van der Waals surface area contributed by atoms with E-state index in [2.05, 4.69) is 26.3 Å². The zero-order chi connectivity index (χ0) is 36.4. The zero-order valence-corrected chi connectivity index (χ0v) is 30.4. The third-order valence-corrected chi connectivity index (χ3v) is 10.5. The van der Waals surface area contributed by atoms with E-state index in [1.807, 2.05) is 67.6 Å². The number of halogens is 2. The first-order valence-corrected chi connectivity index (χ1v) is 18.1. The Hall–Kier alpha value is -4.81. The lowest BCUT2D eigenvalue weighted by Crippen LogP contribution is -2.36. The minimum atomic E-state index is -0.144. The molecule has 11 nitrogen and oxygen atoms in total. The van der Waals surface area contributed by atoms with E-state index in [-0.39, 0.29) is 29.5 Å². The van der Waals surface area contributed by atoms with E-state index < -0.39 is 0 Å². The number of hydrogen-bond acceptors (Lipinski definition) is 8. The fraction of sp³-hybridized carbons (Fsp3) is 0.308. The highest BCUT2D eigenvalue weighted by Crippen LogP contribution is 2.42. The molecule has 0 aliphatic carbocycles. The smallest absolute Gasteiger partial charge is 0.262 e. The topological polar surface area (TPSA) is 139 Å². The summed E-state index contributed by atoms with van der Waals surface area (Å²) >= 11 is 14.3. The van der Waals surface area contributed by atoms with Crippen LogP contribution in [-0.4, -0.2) is 58.5 Å². The summed E-state index contributed by atoms with van der Waals surface area (Å²) in [4.78, 5) is 45.9. The van der Waals surface area contributed by atoms with E-state index in [1.165, 1.54) is 0 Å². The number of hydrogen-bond donors (Lipinski definition) is 4. The highest BCUT2D eigenvalue weighted by molar-refractivity contribution is 6.39.